The molecule has 0 aliphatic rings. The molecule has 0 heterocycles. The van der Waals surface area contributed by atoms with Gasteiger partial charge in [0.1, 0.15) is 0 Å². The van der Waals surface area contributed by atoms with Gasteiger partial charge in [-0.25, -0.2) is 0 Å². The van der Waals surface area contributed by atoms with Crippen LogP contribution in [-0.2, 0) is 9.59 Å². The smallest absolute Gasteiger partial charge is 0.221 e. The SMILES string of the molecule is CNCCN(CCC(=O)NC)CCC(=O)NC. The average Bonchev–Trinajstić information content (AvgIpc) is 2.36. The van der Waals surface area contributed by atoms with Crippen LogP contribution >= 0.6 is 0 Å². The summed E-state index contributed by atoms with van der Waals surface area (Å²) in [6, 6.07) is 0. The Hall–Kier alpha value is -1.14. The fourth-order valence-corrected chi connectivity index (χ4v) is 1.37. The minimum atomic E-state index is 0.0272. The molecule has 3 N–H and O–H groups in total. The minimum absolute atomic E-state index is 0.0272. The number of nitrogens with one attached hydrogen (secondary N) is 3. The van der Waals surface area contributed by atoms with Crippen molar-refractivity contribution in [3.63, 3.8) is 0 Å². The third-order valence-corrected chi connectivity index (χ3v) is 2.55. The molecule has 0 aliphatic heterocycles. The fraction of sp³-hybridized carbons (Fsp3) is 0.818. The summed E-state index contributed by atoms with van der Waals surface area (Å²) >= 11 is 0. The normalized spacial score (nSPS) is 10.4. The summed E-state index contributed by atoms with van der Waals surface area (Å²) in [6.07, 6.45) is 0.932. The second kappa shape index (κ2) is 10.0. The van der Waals surface area contributed by atoms with Crippen molar-refractivity contribution in [1.29, 1.82) is 0 Å². The van der Waals surface area contributed by atoms with E-state index in [-0.39, 0.29) is 11.8 Å². The van der Waals surface area contributed by atoms with Gasteiger partial charge in [-0.15, -0.1) is 0 Å². The molecule has 0 bridgehead atoms. The molecule has 0 saturated heterocycles. The van der Waals surface area contributed by atoms with Crippen molar-refractivity contribution in [2.24, 2.45) is 0 Å². The first-order valence-corrected chi connectivity index (χ1v) is 5.92. The molecule has 0 atom stereocenters. The summed E-state index contributed by atoms with van der Waals surface area (Å²) in [5.74, 6) is 0.0544. The predicted molar refractivity (Wildman–Crippen MR) is 67.7 cm³/mol. The first kappa shape index (κ1) is 15.9. The predicted octanol–water partition coefficient (Wildman–Crippen LogP) is -1.22. The molecule has 6 nitrogen and oxygen atoms in total. The van der Waals surface area contributed by atoms with E-state index >= 15 is 0 Å². The first-order chi connectivity index (χ1) is 8.13. The van der Waals surface area contributed by atoms with Crippen LogP contribution in [0.2, 0.25) is 0 Å². The van der Waals surface area contributed by atoms with Crippen LogP contribution in [0.25, 0.3) is 0 Å². The van der Waals surface area contributed by atoms with Crippen molar-refractivity contribution in [2.75, 3.05) is 47.3 Å². The summed E-state index contributed by atoms with van der Waals surface area (Å²) in [7, 11) is 5.14. The van der Waals surface area contributed by atoms with Gasteiger partial charge in [0, 0.05) is 53.1 Å². The lowest BCUT2D eigenvalue weighted by molar-refractivity contribution is -0.120. The number of hydrogen-bond donors (Lipinski definition) is 3. The van der Waals surface area contributed by atoms with Gasteiger partial charge in [0.05, 0.1) is 0 Å². The maximum Gasteiger partial charge on any atom is 0.221 e. The van der Waals surface area contributed by atoms with Crippen LogP contribution in [0.3, 0.4) is 0 Å². The van der Waals surface area contributed by atoms with Crippen LogP contribution in [0.4, 0.5) is 0 Å². The molecule has 17 heavy (non-hydrogen) atoms. The standard InChI is InChI=1S/C11H24N4O2/c1-12-6-9-15(7-4-10(16)13-2)8-5-11(17)14-3/h12H,4-9H2,1-3H3,(H,13,16)(H,14,17). The lowest BCUT2D eigenvalue weighted by Crippen LogP contribution is -2.36. The van der Waals surface area contributed by atoms with E-state index in [1.165, 1.54) is 0 Å². The van der Waals surface area contributed by atoms with Gasteiger partial charge >= 0.3 is 0 Å². The Morgan fingerprint density at radius 3 is 1.71 bits per heavy atom. The third-order valence-electron chi connectivity index (χ3n) is 2.55. The molecule has 0 spiro atoms. The van der Waals surface area contributed by atoms with Crippen LogP contribution in [0, 0.1) is 0 Å². The second-order valence-corrected chi connectivity index (χ2v) is 3.79. The van der Waals surface area contributed by atoms with Gasteiger partial charge in [0.15, 0.2) is 0 Å². The van der Waals surface area contributed by atoms with Crippen molar-refractivity contribution in [3.05, 3.63) is 0 Å². The molecular formula is C11H24N4O2. The van der Waals surface area contributed by atoms with E-state index in [9.17, 15) is 9.59 Å². The number of likely N-dealkylation sites (N-methyl/N-ethyl adjacent to an activating group) is 1. The molecule has 100 valence electrons. The van der Waals surface area contributed by atoms with Gasteiger partial charge < -0.3 is 20.9 Å². The Balaban J connectivity index is 3.95. The molecular weight excluding hydrogens is 220 g/mol. The highest BCUT2D eigenvalue weighted by Gasteiger charge is 2.08. The van der Waals surface area contributed by atoms with Crippen molar-refractivity contribution in [2.45, 2.75) is 12.8 Å². The Bertz CT molecular complexity index is 214. The summed E-state index contributed by atoms with van der Waals surface area (Å²) in [4.78, 5) is 24.4. The molecule has 0 unspecified atom stereocenters. The largest absolute Gasteiger partial charge is 0.359 e. The molecule has 0 saturated carbocycles. The van der Waals surface area contributed by atoms with Gasteiger partial charge in [-0.05, 0) is 7.05 Å². The summed E-state index contributed by atoms with van der Waals surface area (Å²) in [5, 5.41) is 8.24. The molecule has 0 rings (SSSR count). The fourth-order valence-electron chi connectivity index (χ4n) is 1.37. The average molecular weight is 244 g/mol. The summed E-state index contributed by atoms with van der Waals surface area (Å²) in [6.45, 7) is 3.04. The zero-order valence-electron chi connectivity index (χ0n) is 11.0. The van der Waals surface area contributed by atoms with Crippen molar-refractivity contribution >= 4 is 11.8 Å². The lowest BCUT2D eigenvalue weighted by Gasteiger charge is -2.21. The highest BCUT2D eigenvalue weighted by Crippen LogP contribution is 1.94. The number of amides is 2. The van der Waals surface area contributed by atoms with Crippen LogP contribution in [0.15, 0.2) is 0 Å². The molecule has 0 aromatic rings. The molecule has 0 aromatic carbocycles. The van der Waals surface area contributed by atoms with E-state index in [0.717, 1.165) is 13.1 Å². The topological polar surface area (TPSA) is 73.5 Å². The highest BCUT2D eigenvalue weighted by atomic mass is 16.2. The van der Waals surface area contributed by atoms with Gasteiger partial charge in [-0.2, -0.15) is 0 Å². The second-order valence-electron chi connectivity index (χ2n) is 3.79. The molecule has 0 radical (unpaired) electrons. The quantitative estimate of drug-likeness (QED) is 0.475. The number of carbonyl (C=O) groups is 2. The van der Waals surface area contributed by atoms with Crippen molar-refractivity contribution in [3.8, 4) is 0 Å². The highest BCUT2D eigenvalue weighted by molar-refractivity contribution is 5.76. The van der Waals surface area contributed by atoms with Crippen molar-refractivity contribution < 1.29 is 9.59 Å². The van der Waals surface area contributed by atoms with E-state index in [4.69, 9.17) is 0 Å². The van der Waals surface area contributed by atoms with Gasteiger partial charge in [-0.3, -0.25) is 9.59 Å². The Morgan fingerprint density at radius 1 is 0.882 bits per heavy atom. The van der Waals surface area contributed by atoms with E-state index in [0.29, 0.717) is 25.9 Å². The van der Waals surface area contributed by atoms with E-state index < -0.39 is 0 Å². The number of hydrogen-bond acceptors (Lipinski definition) is 4. The zero-order valence-corrected chi connectivity index (χ0v) is 11.0. The summed E-state index contributed by atoms with van der Waals surface area (Å²) in [5.41, 5.74) is 0. The Kier molecular flexibility index (Phi) is 9.37. The van der Waals surface area contributed by atoms with Crippen molar-refractivity contribution in [1.82, 2.24) is 20.9 Å². The van der Waals surface area contributed by atoms with E-state index in [2.05, 4.69) is 20.9 Å². The van der Waals surface area contributed by atoms with Crippen LogP contribution in [0.5, 0.6) is 0 Å². The minimum Gasteiger partial charge on any atom is -0.359 e. The Labute approximate surface area is 103 Å². The van der Waals surface area contributed by atoms with Crippen LogP contribution < -0.4 is 16.0 Å². The van der Waals surface area contributed by atoms with Crippen LogP contribution in [-0.4, -0.2) is 64.0 Å². The molecule has 0 aliphatic carbocycles. The maximum atomic E-state index is 11.2. The summed E-state index contributed by atoms with van der Waals surface area (Å²) < 4.78 is 0. The monoisotopic (exact) mass is 244 g/mol. The molecule has 6 heteroatoms. The third kappa shape index (κ3) is 8.65. The molecule has 0 aromatic heterocycles. The Morgan fingerprint density at radius 2 is 1.35 bits per heavy atom. The van der Waals surface area contributed by atoms with Gasteiger partial charge in [0.2, 0.25) is 11.8 Å². The first-order valence-electron chi connectivity index (χ1n) is 5.92. The lowest BCUT2D eigenvalue weighted by atomic mass is 10.3. The van der Waals surface area contributed by atoms with E-state index in [1.807, 2.05) is 7.05 Å². The van der Waals surface area contributed by atoms with Crippen LogP contribution in [0.1, 0.15) is 12.8 Å². The number of carbonyl (C=O) groups excluding carboxylic acids is 2. The zero-order chi connectivity index (χ0) is 13.1. The van der Waals surface area contributed by atoms with Gasteiger partial charge in [-0.1, -0.05) is 0 Å². The molecule has 0 fully saturated rings. The number of rotatable bonds is 9. The van der Waals surface area contributed by atoms with E-state index in [1.54, 1.807) is 14.1 Å². The number of nitrogens with zero attached hydrogens (tertiary/aromatic N) is 1. The maximum absolute atomic E-state index is 11.2. The molecule has 2 amide bonds. The van der Waals surface area contributed by atoms with Gasteiger partial charge in [0.25, 0.3) is 0 Å².